The van der Waals surface area contributed by atoms with Crippen molar-refractivity contribution >= 4 is 11.8 Å². The molecule has 9 heteroatoms. The van der Waals surface area contributed by atoms with Gasteiger partial charge in [0, 0.05) is 52.1 Å². The molecule has 0 unspecified atom stereocenters. The molecule has 2 aliphatic rings. The number of carbonyl (C=O) groups excluding carboxylic acids is 2. The first kappa shape index (κ1) is 23.4. The van der Waals surface area contributed by atoms with Crippen molar-refractivity contribution in [1.29, 1.82) is 0 Å². The number of halogens is 2. The highest BCUT2D eigenvalue weighted by molar-refractivity contribution is 5.78. The fourth-order valence-electron chi connectivity index (χ4n) is 4.41. The maximum absolute atomic E-state index is 13.9. The van der Waals surface area contributed by atoms with E-state index in [1.807, 2.05) is 4.90 Å². The summed E-state index contributed by atoms with van der Waals surface area (Å²) in [5, 5.41) is 0. The number of rotatable bonds is 6. The molecule has 1 aromatic carbocycles. The number of hydrogen-bond acceptors (Lipinski definition) is 5. The minimum atomic E-state index is -0.721. The number of likely N-dealkylation sites (tertiary alicyclic amines) is 1. The summed E-state index contributed by atoms with van der Waals surface area (Å²) in [5.41, 5.74) is -0.256. The summed E-state index contributed by atoms with van der Waals surface area (Å²) in [7, 11) is 0. The predicted octanol–water partition coefficient (Wildman–Crippen LogP) is 3.10. The fourth-order valence-corrected chi connectivity index (χ4v) is 4.41. The van der Waals surface area contributed by atoms with Gasteiger partial charge in [-0.25, -0.2) is 13.8 Å². The zero-order valence-electron chi connectivity index (χ0n) is 18.8. The van der Waals surface area contributed by atoms with Gasteiger partial charge in [-0.2, -0.15) is 0 Å². The lowest BCUT2D eigenvalue weighted by molar-refractivity contribution is -0.135. The Hall–Kier alpha value is -2.81. The van der Waals surface area contributed by atoms with E-state index in [1.165, 1.54) is 25.1 Å². The normalized spacial score (nSPS) is 17.8. The van der Waals surface area contributed by atoms with E-state index < -0.39 is 11.6 Å². The third kappa shape index (κ3) is 5.96. The molecule has 2 fully saturated rings. The summed E-state index contributed by atoms with van der Waals surface area (Å²) in [6.45, 7) is 4.59. The van der Waals surface area contributed by atoms with Crippen LogP contribution in [-0.4, -0.2) is 77.3 Å². The van der Waals surface area contributed by atoms with E-state index in [9.17, 15) is 18.4 Å². The second-order valence-corrected chi connectivity index (χ2v) is 8.67. The lowest BCUT2D eigenvalue weighted by atomic mass is 10.1. The summed E-state index contributed by atoms with van der Waals surface area (Å²) in [4.78, 5) is 35.1. The monoisotopic (exact) mass is 460 g/mol. The number of oxazole rings is 1. The molecule has 0 radical (unpaired) electrons. The average molecular weight is 461 g/mol. The van der Waals surface area contributed by atoms with Crippen molar-refractivity contribution in [1.82, 2.24) is 19.7 Å². The average Bonchev–Trinajstić information content (AvgIpc) is 3.09. The summed E-state index contributed by atoms with van der Waals surface area (Å²) < 4.78 is 33.3. The smallest absolute Gasteiger partial charge is 0.236 e. The number of piperazine rings is 1. The Bertz CT molecular complexity index is 944. The fraction of sp³-hybridized carbons (Fsp3) is 0.542. The zero-order chi connectivity index (χ0) is 23.2. The van der Waals surface area contributed by atoms with Gasteiger partial charge in [-0.3, -0.25) is 14.5 Å². The van der Waals surface area contributed by atoms with Crippen molar-refractivity contribution in [2.45, 2.75) is 38.5 Å². The molecule has 4 rings (SSSR count). The molecule has 2 amide bonds. The Morgan fingerprint density at radius 3 is 2.18 bits per heavy atom. The molecule has 0 aliphatic carbocycles. The van der Waals surface area contributed by atoms with Gasteiger partial charge in [-0.1, -0.05) is 18.9 Å². The second-order valence-electron chi connectivity index (χ2n) is 8.67. The lowest BCUT2D eigenvalue weighted by Crippen LogP contribution is -2.51. The quantitative estimate of drug-likeness (QED) is 0.663. The third-order valence-corrected chi connectivity index (χ3v) is 6.36. The van der Waals surface area contributed by atoms with Crippen LogP contribution in [-0.2, 0) is 16.0 Å². The van der Waals surface area contributed by atoms with Crippen molar-refractivity contribution in [3.63, 3.8) is 0 Å². The predicted molar refractivity (Wildman–Crippen MR) is 118 cm³/mol. The molecule has 2 saturated heterocycles. The van der Waals surface area contributed by atoms with Gasteiger partial charge in [-0.05, 0) is 25.0 Å². The molecule has 2 aliphatic heterocycles. The molecular formula is C24H30F2N4O3. The summed E-state index contributed by atoms with van der Waals surface area (Å²) in [6, 6.07) is 3.60. The van der Waals surface area contributed by atoms with Crippen LogP contribution in [0.3, 0.4) is 0 Å². The Morgan fingerprint density at radius 2 is 1.52 bits per heavy atom. The number of amides is 2. The largest absolute Gasteiger partial charge is 0.441 e. The molecule has 7 nitrogen and oxygen atoms in total. The van der Waals surface area contributed by atoms with Crippen molar-refractivity contribution in [3.05, 3.63) is 41.9 Å². The van der Waals surface area contributed by atoms with Gasteiger partial charge in [0.15, 0.2) is 11.7 Å². The number of nitrogens with zero attached hydrogens (tertiary/aromatic N) is 4. The number of carbonyl (C=O) groups is 2. The number of benzene rings is 1. The van der Waals surface area contributed by atoms with Crippen LogP contribution in [0, 0.1) is 11.6 Å². The van der Waals surface area contributed by atoms with E-state index in [0.29, 0.717) is 32.7 Å². The molecule has 0 N–H and O–H groups in total. The minimum Gasteiger partial charge on any atom is -0.441 e. The van der Waals surface area contributed by atoms with Crippen LogP contribution in [0.25, 0.3) is 11.3 Å². The van der Waals surface area contributed by atoms with Gasteiger partial charge in [0.1, 0.15) is 11.6 Å². The molecule has 0 saturated carbocycles. The van der Waals surface area contributed by atoms with Crippen LogP contribution in [0.2, 0.25) is 0 Å². The standard InChI is InChI=1S/C24H30F2N4O3/c25-18-6-5-7-19(26)24(18)20-16-27-21(33-20)8-9-22(31)30-14-12-28(13-15-30)17-23(32)29-10-3-1-2-4-11-29/h5-7,16H,1-4,8-15,17H2. The van der Waals surface area contributed by atoms with Gasteiger partial charge < -0.3 is 14.2 Å². The van der Waals surface area contributed by atoms with E-state index in [0.717, 1.165) is 38.1 Å². The minimum absolute atomic E-state index is 0.00994. The van der Waals surface area contributed by atoms with Crippen LogP contribution in [0.5, 0.6) is 0 Å². The highest BCUT2D eigenvalue weighted by Gasteiger charge is 2.25. The van der Waals surface area contributed by atoms with Gasteiger partial charge in [0.2, 0.25) is 11.8 Å². The molecular weight excluding hydrogens is 430 g/mol. The van der Waals surface area contributed by atoms with Crippen LogP contribution < -0.4 is 0 Å². The molecule has 33 heavy (non-hydrogen) atoms. The first-order valence-electron chi connectivity index (χ1n) is 11.7. The van der Waals surface area contributed by atoms with E-state index in [-0.39, 0.29) is 41.9 Å². The van der Waals surface area contributed by atoms with E-state index in [1.54, 1.807) is 4.90 Å². The Morgan fingerprint density at radius 1 is 0.879 bits per heavy atom. The molecule has 0 bridgehead atoms. The Kier molecular flexibility index (Phi) is 7.69. The number of aryl methyl sites for hydroxylation is 1. The van der Waals surface area contributed by atoms with Crippen LogP contribution in [0.1, 0.15) is 38.0 Å². The maximum Gasteiger partial charge on any atom is 0.236 e. The SMILES string of the molecule is O=C(CCc1ncc(-c2c(F)cccc2F)o1)N1CCN(CC(=O)N2CCCCCC2)CC1. The van der Waals surface area contributed by atoms with Crippen molar-refractivity contribution in [3.8, 4) is 11.3 Å². The Labute approximate surface area is 192 Å². The van der Waals surface area contributed by atoms with E-state index >= 15 is 0 Å². The molecule has 1 aromatic heterocycles. The number of aromatic nitrogens is 1. The summed E-state index contributed by atoms with van der Waals surface area (Å²) in [5.74, 6) is -1.01. The van der Waals surface area contributed by atoms with Crippen LogP contribution in [0.4, 0.5) is 8.78 Å². The highest BCUT2D eigenvalue weighted by Crippen LogP contribution is 2.27. The van der Waals surface area contributed by atoms with Gasteiger partial charge in [-0.15, -0.1) is 0 Å². The van der Waals surface area contributed by atoms with Crippen molar-refractivity contribution < 1.29 is 22.8 Å². The first-order chi connectivity index (χ1) is 16.0. The van der Waals surface area contributed by atoms with Gasteiger partial charge >= 0.3 is 0 Å². The van der Waals surface area contributed by atoms with Crippen molar-refractivity contribution in [2.75, 3.05) is 45.8 Å². The molecule has 178 valence electrons. The maximum atomic E-state index is 13.9. The van der Waals surface area contributed by atoms with Gasteiger partial charge in [0.25, 0.3) is 0 Å². The number of hydrogen-bond donors (Lipinski definition) is 0. The molecule has 0 spiro atoms. The first-order valence-corrected chi connectivity index (χ1v) is 11.7. The zero-order valence-corrected chi connectivity index (χ0v) is 18.8. The lowest BCUT2D eigenvalue weighted by Gasteiger charge is -2.35. The van der Waals surface area contributed by atoms with E-state index in [2.05, 4.69) is 9.88 Å². The molecule has 3 heterocycles. The van der Waals surface area contributed by atoms with E-state index in [4.69, 9.17) is 4.42 Å². The third-order valence-electron chi connectivity index (χ3n) is 6.36. The highest BCUT2D eigenvalue weighted by atomic mass is 19.1. The Balaban J connectivity index is 1.22. The van der Waals surface area contributed by atoms with Gasteiger partial charge in [0.05, 0.1) is 18.3 Å². The topological polar surface area (TPSA) is 69.9 Å². The summed E-state index contributed by atoms with van der Waals surface area (Å²) >= 11 is 0. The van der Waals surface area contributed by atoms with Crippen molar-refractivity contribution in [2.24, 2.45) is 0 Å². The second kappa shape index (κ2) is 10.9. The van der Waals surface area contributed by atoms with Crippen LogP contribution >= 0.6 is 0 Å². The summed E-state index contributed by atoms with van der Waals surface area (Å²) in [6.07, 6.45) is 6.28. The molecule has 0 atom stereocenters. The van der Waals surface area contributed by atoms with Crippen LogP contribution in [0.15, 0.2) is 28.8 Å². The molecule has 2 aromatic rings.